The first kappa shape index (κ1) is 24.3. The molecule has 0 saturated carbocycles. The van der Waals surface area contributed by atoms with Crippen molar-refractivity contribution < 1.29 is 9.72 Å². The number of nitrogens with two attached hydrogens (primary N) is 1. The lowest BCUT2D eigenvalue weighted by atomic mass is 9.71. The minimum atomic E-state index is -0.682. The van der Waals surface area contributed by atoms with Crippen molar-refractivity contribution in [3.8, 4) is 6.07 Å². The zero-order chi connectivity index (χ0) is 26.3. The molecule has 1 aliphatic heterocycles. The number of halogens is 1. The molecule has 0 aromatic heterocycles. The summed E-state index contributed by atoms with van der Waals surface area (Å²) >= 11 is 6.29. The quantitative estimate of drug-likeness (QED) is 0.327. The average Bonchev–Trinajstić information content (AvgIpc) is 2.89. The van der Waals surface area contributed by atoms with Gasteiger partial charge in [0, 0.05) is 34.8 Å². The van der Waals surface area contributed by atoms with Gasteiger partial charge in [0.2, 0.25) is 0 Å². The SMILES string of the molecule is Cc1ccc([N+](=O)[O-])cc1N1C(N)=C(C#N)[C@@H](c2cccc(Cl)c2)C2=C1C[C@H](c1ccccc1)CC2=O. The molecule has 0 amide bonds. The van der Waals surface area contributed by atoms with Gasteiger partial charge >= 0.3 is 0 Å². The number of carbonyl (C=O) groups is 1. The molecule has 37 heavy (non-hydrogen) atoms. The smallest absolute Gasteiger partial charge is 0.271 e. The molecule has 3 aromatic rings. The third-order valence-electron chi connectivity index (χ3n) is 7.06. The third kappa shape index (κ3) is 4.26. The van der Waals surface area contributed by atoms with Gasteiger partial charge in [0.25, 0.3) is 5.69 Å². The number of Topliss-reactive ketones (excluding diaryl/α,β-unsaturated/α-hetero) is 1. The summed E-state index contributed by atoms with van der Waals surface area (Å²) in [6.07, 6.45) is 0.754. The summed E-state index contributed by atoms with van der Waals surface area (Å²) in [5.41, 5.74) is 10.8. The molecule has 0 bridgehead atoms. The van der Waals surface area contributed by atoms with Crippen LogP contribution in [0, 0.1) is 28.4 Å². The van der Waals surface area contributed by atoms with E-state index in [0.29, 0.717) is 34.0 Å². The second-order valence-electron chi connectivity index (χ2n) is 9.26. The maximum atomic E-state index is 13.9. The van der Waals surface area contributed by atoms with Crippen LogP contribution < -0.4 is 10.6 Å². The van der Waals surface area contributed by atoms with Crippen molar-refractivity contribution in [3.05, 3.63) is 127 Å². The second-order valence-corrected chi connectivity index (χ2v) is 9.70. The molecule has 2 atom stereocenters. The van der Waals surface area contributed by atoms with Crippen molar-refractivity contribution in [3.63, 3.8) is 0 Å². The fraction of sp³-hybridized carbons (Fsp3) is 0.172. The number of anilines is 1. The topological polar surface area (TPSA) is 113 Å². The monoisotopic (exact) mass is 510 g/mol. The van der Waals surface area contributed by atoms with Crippen LogP contribution in [0.15, 0.2) is 95.5 Å². The lowest BCUT2D eigenvalue weighted by Gasteiger charge is -2.42. The molecule has 5 rings (SSSR count). The summed E-state index contributed by atoms with van der Waals surface area (Å²) < 4.78 is 0. The summed E-state index contributed by atoms with van der Waals surface area (Å²) in [6.45, 7) is 1.82. The van der Waals surface area contributed by atoms with Gasteiger partial charge in [-0.3, -0.25) is 19.8 Å². The number of allylic oxidation sites excluding steroid dienone is 3. The molecule has 2 aliphatic rings. The van der Waals surface area contributed by atoms with Crippen LogP contribution >= 0.6 is 11.6 Å². The van der Waals surface area contributed by atoms with Gasteiger partial charge < -0.3 is 5.73 Å². The third-order valence-corrected chi connectivity index (χ3v) is 7.30. The van der Waals surface area contributed by atoms with Gasteiger partial charge in [-0.05, 0) is 48.1 Å². The van der Waals surface area contributed by atoms with Crippen LogP contribution in [0.25, 0.3) is 0 Å². The van der Waals surface area contributed by atoms with Crippen molar-refractivity contribution in [1.82, 2.24) is 0 Å². The number of hydrogen-bond donors (Lipinski definition) is 1. The molecule has 0 fully saturated rings. The minimum Gasteiger partial charge on any atom is -0.384 e. The highest BCUT2D eigenvalue weighted by Gasteiger charge is 2.43. The number of ketones is 1. The van der Waals surface area contributed by atoms with E-state index < -0.39 is 10.8 Å². The standard InChI is InChI=1S/C29H23ClN4O3/c1-17-10-11-22(34(36)37)15-24(17)33-25-13-20(18-6-3-2-4-7-18)14-26(35)28(25)27(23(16-31)29(33)32)19-8-5-9-21(30)12-19/h2-12,15,20,27H,13-14,32H2,1H3/t20-,27+/m0/s1. The first-order valence-electron chi connectivity index (χ1n) is 11.8. The highest BCUT2D eigenvalue weighted by Crippen LogP contribution is 2.50. The van der Waals surface area contributed by atoms with Gasteiger partial charge in [0.05, 0.1) is 28.2 Å². The van der Waals surface area contributed by atoms with E-state index in [4.69, 9.17) is 17.3 Å². The van der Waals surface area contributed by atoms with Gasteiger partial charge in [0.1, 0.15) is 5.82 Å². The largest absolute Gasteiger partial charge is 0.384 e. The molecule has 1 heterocycles. The highest BCUT2D eigenvalue weighted by molar-refractivity contribution is 6.30. The van der Waals surface area contributed by atoms with Crippen LogP contribution in [0.5, 0.6) is 0 Å². The predicted octanol–water partition coefficient (Wildman–Crippen LogP) is 6.26. The summed E-state index contributed by atoms with van der Waals surface area (Å²) in [6, 6.07) is 23.6. The van der Waals surface area contributed by atoms with E-state index in [1.54, 1.807) is 29.2 Å². The van der Waals surface area contributed by atoms with Crippen LogP contribution in [-0.2, 0) is 4.79 Å². The van der Waals surface area contributed by atoms with Crippen LogP contribution in [0.1, 0.15) is 41.4 Å². The van der Waals surface area contributed by atoms with E-state index in [9.17, 15) is 20.2 Å². The summed E-state index contributed by atoms with van der Waals surface area (Å²) in [5.74, 6) is -0.728. The Morgan fingerprint density at radius 3 is 2.46 bits per heavy atom. The van der Waals surface area contributed by atoms with Crippen LogP contribution in [-0.4, -0.2) is 10.7 Å². The number of nitro groups is 1. The van der Waals surface area contributed by atoms with Gasteiger partial charge in [-0.2, -0.15) is 5.26 Å². The number of rotatable bonds is 4. The number of hydrogen-bond acceptors (Lipinski definition) is 6. The number of aryl methyl sites for hydroxylation is 1. The number of non-ortho nitro benzene ring substituents is 1. The van der Waals surface area contributed by atoms with E-state index >= 15 is 0 Å². The minimum absolute atomic E-state index is 0.0894. The van der Waals surface area contributed by atoms with E-state index in [-0.39, 0.29) is 35.2 Å². The summed E-state index contributed by atoms with van der Waals surface area (Å²) in [5, 5.41) is 22.3. The number of nitro benzene ring substituents is 1. The molecular formula is C29H23ClN4O3. The lowest BCUT2D eigenvalue weighted by molar-refractivity contribution is -0.384. The molecular weight excluding hydrogens is 488 g/mol. The maximum absolute atomic E-state index is 13.9. The molecule has 184 valence electrons. The molecule has 0 unspecified atom stereocenters. The molecule has 3 aromatic carbocycles. The van der Waals surface area contributed by atoms with E-state index in [0.717, 1.165) is 11.1 Å². The summed E-state index contributed by atoms with van der Waals surface area (Å²) in [7, 11) is 0. The van der Waals surface area contributed by atoms with Gasteiger partial charge in [-0.1, -0.05) is 60.1 Å². The fourth-order valence-electron chi connectivity index (χ4n) is 5.34. The molecule has 7 nitrogen and oxygen atoms in total. The van der Waals surface area contributed by atoms with Gasteiger partial charge in [-0.15, -0.1) is 0 Å². The zero-order valence-electron chi connectivity index (χ0n) is 20.0. The average molecular weight is 511 g/mol. The Bertz CT molecular complexity index is 1540. The molecule has 8 heteroatoms. The van der Waals surface area contributed by atoms with E-state index in [2.05, 4.69) is 6.07 Å². The van der Waals surface area contributed by atoms with Gasteiger partial charge in [0.15, 0.2) is 5.78 Å². The summed E-state index contributed by atoms with van der Waals surface area (Å²) in [4.78, 5) is 26.7. The predicted molar refractivity (Wildman–Crippen MR) is 142 cm³/mol. The fourth-order valence-corrected chi connectivity index (χ4v) is 5.54. The number of carbonyl (C=O) groups excluding carboxylic acids is 1. The van der Waals surface area contributed by atoms with Crippen molar-refractivity contribution in [2.24, 2.45) is 5.73 Å². The Labute approximate surface area is 219 Å². The Kier molecular flexibility index (Phi) is 6.28. The number of nitriles is 1. The molecule has 1 aliphatic carbocycles. The highest BCUT2D eigenvalue weighted by atomic mass is 35.5. The molecule has 0 spiro atoms. The van der Waals surface area contributed by atoms with Crippen molar-refractivity contribution >= 4 is 28.8 Å². The normalized spacial score (nSPS) is 19.5. The first-order chi connectivity index (χ1) is 17.8. The van der Waals surface area contributed by atoms with Crippen molar-refractivity contribution in [2.45, 2.75) is 31.6 Å². The second kappa shape index (κ2) is 9.57. The zero-order valence-corrected chi connectivity index (χ0v) is 20.8. The Hall–Kier alpha value is -4.41. The number of benzene rings is 3. The Morgan fingerprint density at radius 1 is 1.05 bits per heavy atom. The number of nitrogens with zero attached hydrogens (tertiary/aromatic N) is 3. The van der Waals surface area contributed by atoms with Crippen molar-refractivity contribution in [2.75, 3.05) is 4.90 Å². The van der Waals surface area contributed by atoms with E-state index in [1.807, 2.05) is 43.3 Å². The Morgan fingerprint density at radius 2 is 1.78 bits per heavy atom. The lowest BCUT2D eigenvalue weighted by Crippen LogP contribution is -2.40. The maximum Gasteiger partial charge on any atom is 0.271 e. The van der Waals surface area contributed by atoms with Crippen LogP contribution in [0.3, 0.4) is 0 Å². The molecule has 2 N–H and O–H groups in total. The Balaban J connectivity index is 1.77. The van der Waals surface area contributed by atoms with E-state index in [1.165, 1.54) is 12.1 Å². The van der Waals surface area contributed by atoms with Gasteiger partial charge in [-0.25, -0.2) is 0 Å². The van der Waals surface area contributed by atoms with Crippen molar-refractivity contribution in [1.29, 1.82) is 5.26 Å². The molecule has 0 radical (unpaired) electrons. The first-order valence-corrected chi connectivity index (χ1v) is 12.2. The molecule has 0 saturated heterocycles. The van der Waals surface area contributed by atoms with Crippen LogP contribution in [0.4, 0.5) is 11.4 Å². The van der Waals surface area contributed by atoms with Crippen LogP contribution in [0.2, 0.25) is 5.02 Å².